The molecule has 0 amide bonds. The monoisotopic (exact) mass is 606 g/mol. The Morgan fingerprint density at radius 1 is 1.30 bits per heavy atom. The summed E-state index contributed by atoms with van der Waals surface area (Å²) in [5.74, 6) is -1.56. The van der Waals surface area contributed by atoms with Crippen LogP contribution in [0.2, 0.25) is 5.02 Å². The van der Waals surface area contributed by atoms with Crippen LogP contribution in [-0.2, 0) is 10.3 Å². The minimum absolute atomic E-state index is 0.0203. The number of anilines is 2. The summed E-state index contributed by atoms with van der Waals surface area (Å²) in [6.07, 6.45) is 4.24. The van der Waals surface area contributed by atoms with Gasteiger partial charge in [-0.25, -0.2) is 19.8 Å². The zero-order chi connectivity index (χ0) is 30.9. The van der Waals surface area contributed by atoms with Crippen molar-refractivity contribution in [2.75, 3.05) is 30.9 Å². The van der Waals surface area contributed by atoms with E-state index < -0.39 is 23.5 Å². The van der Waals surface area contributed by atoms with Crippen molar-refractivity contribution >= 4 is 39.8 Å². The molecule has 0 spiro atoms. The average molecular weight is 607 g/mol. The lowest BCUT2D eigenvalue weighted by Crippen LogP contribution is -2.27. The highest BCUT2D eigenvalue weighted by Gasteiger charge is 2.53. The minimum atomic E-state index is -1.10. The van der Waals surface area contributed by atoms with Crippen LogP contribution in [0.15, 0.2) is 36.7 Å². The van der Waals surface area contributed by atoms with Crippen molar-refractivity contribution < 1.29 is 14.3 Å². The van der Waals surface area contributed by atoms with Crippen LogP contribution in [0.1, 0.15) is 62.2 Å². The van der Waals surface area contributed by atoms with E-state index >= 15 is 0 Å². The molecule has 1 saturated carbocycles. The molecule has 1 aliphatic carbocycles. The molecule has 1 aromatic carbocycles. The number of nitrogens with one attached hydrogen (secondary N) is 3. The second-order valence-corrected chi connectivity index (χ2v) is 12.3. The first-order valence-corrected chi connectivity index (χ1v) is 14.3. The average Bonchev–Trinajstić information content (AvgIpc) is 3.61. The van der Waals surface area contributed by atoms with Gasteiger partial charge in [0.1, 0.15) is 11.3 Å². The molecule has 43 heavy (non-hydrogen) atoms. The fraction of sp³-hybridized carbons (Fsp3) is 0.400. The predicted octanol–water partition coefficient (Wildman–Crippen LogP) is 5.41. The Kier molecular flexibility index (Phi) is 8.23. The highest BCUT2D eigenvalue weighted by Crippen LogP contribution is 2.44. The summed E-state index contributed by atoms with van der Waals surface area (Å²) in [6, 6.07) is 9.02. The van der Waals surface area contributed by atoms with E-state index in [0.717, 1.165) is 11.1 Å². The zero-order valence-corrected chi connectivity index (χ0v) is 25.4. The highest BCUT2D eigenvalue weighted by atomic mass is 35.5. The lowest BCUT2D eigenvalue weighted by atomic mass is 9.96. The van der Waals surface area contributed by atoms with Crippen molar-refractivity contribution in [3.05, 3.63) is 75.0 Å². The first-order chi connectivity index (χ1) is 20.4. The molecular weight excluding hydrogens is 573 g/mol. The number of carbonyl (C=O) groups is 1. The standard InChI is InChI=1S/C30H33ClFN9O2/c1-17-20(6-7-24(32)37-17)27(23-14-41(40-39-23)30(8-9-30)28(42)43)38-19-10-21-25(36-15-29(2,3)4)18(12-34-16-33-5)13-35-26(21)22(31)11-19/h6-7,10-11,13-14,27,33,38H,8-9,15-16H2,1-5H3,(H,42,43)/p+1/t27-/m0/s1. The van der Waals surface area contributed by atoms with Crippen LogP contribution in [0, 0.1) is 24.4 Å². The smallest absolute Gasteiger partial charge is 0.331 e. The number of nitrogens with zero attached hydrogens (tertiary/aromatic N) is 6. The van der Waals surface area contributed by atoms with E-state index in [1.165, 1.54) is 10.7 Å². The molecule has 3 aromatic heterocycles. The Morgan fingerprint density at radius 3 is 2.72 bits per heavy atom. The van der Waals surface area contributed by atoms with E-state index in [1.54, 1.807) is 38.5 Å². The van der Waals surface area contributed by atoms with E-state index in [-0.39, 0.29) is 5.41 Å². The Bertz CT molecular complexity index is 1750. The zero-order valence-electron chi connectivity index (χ0n) is 24.7. The third-order valence-corrected chi connectivity index (χ3v) is 7.53. The summed E-state index contributed by atoms with van der Waals surface area (Å²) in [5, 5.41) is 29.4. The van der Waals surface area contributed by atoms with Crippen molar-refractivity contribution in [1.82, 2.24) is 30.3 Å². The summed E-state index contributed by atoms with van der Waals surface area (Å²) in [7, 11) is 1.81. The van der Waals surface area contributed by atoms with Crippen molar-refractivity contribution in [3.63, 3.8) is 0 Å². The fourth-order valence-corrected chi connectivity index (χ4v) is 5.05. The van der Waals surface area contributed by atoms with Crippen LogP contribution in [-0.4, -0.2) is 56.3 Å². The summed E-state index contributed by atoms with van der Waals surface area (Å²) < 4.78 is 15.4. The highest BCUT2D eigenvalue weighted by molar-refractivity contribution is 6.35. The number of rotatable bonds is 9. The fourth-order valence-electron chi connectivity index (χ4n) is 4.78. The van der Waals surface area contributed by atoms with Gasteiger partial charge in [-0.1, -0.05) is 48.5 Å². The Labute approximate surface area is 253 Å². The summed E-state index contributed by atoms with van der Waals surface area (Å²) in [4.78, 5) is 24.9. The summed E-state index contributed by atoms with van der Waals surface area (Å²) >= 11 is 6.79. The number of aromatic nitrogens is 5. The van der Waals surface area contributed by atoms with Crippen LogP contribution in [0.4, 0.5) is 15.8 Å². The number of aliphatic carboxylic acids is 1. The van der Waals surface area contributed by atoms with Gasteiger partial charge in [0.25, 0.3) is 0 Å². The number of benzene rings is 1. The van der Waals surface area contributed by atoms with Crippen molar-refractivity contribution in [2.24, 2.45) is 5.41 Å². The first-order valence-electron chi connectivity index (χ1n) is 13.9. The van der Waals surface area contributed by atoms with Crippen LogP contribution in [0.5, 0.6) is 0 Å². The van der Waals surface area contributed by atoms with Gasteiger partial charge in [-0.2, -0.15) is 4.39 Å². The van der Waals surface area contributed by atoms with E-state index in [1.807, 2.05) is 6.07 Å². The largest absolute Gasteiger partial charge is 0.479 e. The third-order valence-electron chi connectivity index (χ3n) is 7.24. The van der Waals surface area contributed by atoms with E-state index in [9.17, 15) is 14.3 Å². The SMILES string of the molecule is CNC[N+]#Cc1cnc2c(Cl)cc(N[C@H](c3cn(C4(C(=O)O)CC4)nn3)c3ccc(F)nc3C)cc2c1NCC(C)(C)C. The maximum absolute atomic E-state index is 14.0. The van der Waals surface area contributed by atoms with Gasteiger partial charge in [-0.05, 0) is 50.4 Å². The van der Waals surface area contributed by atoms with Crippen molar-refractivity contribution in [2.45, 2.75) is 52.1 Å². The number of pyridine rings is 2. The molecule has 1 atom stereocenters. The molecule has 1 aliphatic rings. The van der Waals surface area contributed by atoms with Gasteiger partial charge in [-0.15, -0.1) is 5.10 Å². The molecule has 4 N–H and O–H groups in total. The van der Waals surface area contributed by atoms with E-state index in [0.29, 0.717) is 64.8 Å². The van der Waals surface area contributed by atoms with Crippen LogP contribution < -0.4 is 16.0 Å². The van der Waals surface area contributed by atoms with Crippen molar-refractivity contribution in [1.29, 1.82) is 0 Å². The third kappa shape index (κ3) is 6.38. The number of hydrogen-bond donors (Lipinski definition) is 4. The molecule has 0 radical (unpaired) electrons. The normalized spacial score (nSPS) is 14.6. The number of carboxylic acids is 1. The number of carboxylic acid groups (broad SMARTS) is 1. The van der Waals surface area contributed by atoms with E-state index in [2.05, 4.69) is 67.9 Å². The van der Waals surface area contributed by atoms with Gasteiger partial charge in [0.05, 0.1) is 34.7 Å². The maximum atomic E-state index is 14.0. The Hall–Kier alpha value is -4.34. The molecule has 13 heteroatoms. The maximum Gasteiger partial charge on any atom is 0.331 e. The molecule has 0 unspecified atom stereocenters. The Balaban J connectivity index is 1.62. The van der Waals surface area contributed by atoms with Crippen LogP contribution in [0.25, 0.3) is 15.7 Å². The summed E-state index contributed by atoms with van der Waals surface area (Å²) in [5.41, 5.74) is 3.12. The van der Waals surface area contributed by atoms with Gasteiger partial charge in [0.15, 0.2) is 5.54 Å². The molecule has 4 aromatic rings. The molecule has 0 saturated heterocycles. The lowest BCUT2D eigenvalue weighted by molar-refractivity contribution is -0.142. The molecule has 3 heterocycles. The van der Waals surface area contributed by atoms with Gasteiger partial charge >= 0.3 is 18.7 Å². The molecular formula is C30H34ClFN9O2+. The summed E-state index contributed by atoms with van der Waals surface area (Å²) in [6.45, 7) is 9.17. The van der Waals surface area contributed by atoms with Crippen LogP contribution >= 0.6 is 11.6 Å². The van der Waals surface area contributed by atoms with Gasteiger partial charge in [0.2, 0.25) is 5.95 Å². The quantitative estimate of drug-likeness (QED) is 0.184. The number of halogens is 2. The molecule has 1 fully saturated rings. The van der Waals surface area contributed by atoms with Crippen LogP contribution in [0.3, 0.4) is 0 Å². The molecule has 11 nitrogen and oxygen atoms in total. The van der Waals surface area contributed by atoms with Gasteiger partial charge < -0.3 is 15.7 Å². The first kappa shape index (κ1) is 30.1. The van der Waals surface area contributed by atoms with Gasteiger partial charge in [-0.3, -0.25) is 4.98 Å². The lowest BCUT2D eigenvalue weighted by Gasteiger charge is -2.22. The van der Waals surface area contributed by atoms with Crippen molar-refractivity contribution in [3.8, 4) is 6.07 Å². The number of hydrogen-bond acceptors (Lipinski definition) is 8. The molecule has 224 valence electrons. The molecule has 0 bridgehead atoms. The Morgan fingerprint density at radius 2 is 2.07 bits per heavy atom. The van der Waals surface area contributed by atoms with Gasteiger partial charge in [0, 0.05) is 28.9 Å². The molecule has 0 aliphatic heterocycles. The topological polar surface area (TPSA) is 134 Å². The predicted molar refractivity (Wildman–Crippen MR) is 164 cm³/mol. The minimum Gasteiger partial charge on any atom is -0.479 e. The second-order valence-electron chi connectivity index (χ2n) is 11.9. The number of aryl methyl sites for hydroxylation is 1. The molecule has 5 rings (SSSR count). The second kappa shape index (κ2) is 11.7. The number of fused-ring (bicyclic) bond motifs is 1. The van der Waals surface area contributed by atoms with E-state index in [4.69, 9.17) is 11.6 Å².